The number of carbonyl (C=O) groups is 2. The van der Waals surface area contributed by atoms with Gasteiger partial charge in [0, 0.05) is 20.1 Å². The second-order valence-corrected chi connectivity index (χ2v) is 3.51. The molecule has 6 nitrogen and oxygen atoms in total. The lowest BCUT2D eigenvalue weighted by atomic mass is 10.2. The van der Waals surface area contributed by atoms with Crippen LogP contribution < -0.4 is 10.6 Å². The third kappa shape index (κ3) is 3.85. The van der Waals surface area contributed by atoms with Crippen LogP contribution in [-0.4, -0.2) is 49.3 Å². The van der Waals surface area contributed by atoms with Crippen molar-refractivity contribution in [3.05, 3.63) is 0 Å². The number of aliphatic hydroxyl groups is 1. The summed E-state index contributed by atoms with van der Waals surface area (Å²) < 4.78 is 4.71. The van der Waals surface area contributed by atoms with Gasteiger partial charge < -0.3 is 20.5 Å². The van der Waals surface area contributed by atoms with Crippen molar-refractivity contribution in [1.29, 1.82) is 0 Å². The molecule has 0 radical (unpaired) electrons. The van der Waals surface area contributed by atoms with Gasteiger partial charge in [0.2, 0.25) is 11.8 Å². The topological polar surface area (TPSA) is 87.7 Å². The number of nitrogens with one attached hydrogen (secondary N) is 2. The third-order valence-electron chi connectivity index (χ3n) is 2.18. The Morgan fingerprint density at radius 3 is 3.07 bits per heavy atom. The third-order valence-corrected chi connectivity index (χ3v) is 2.18. The molecule has 2 amide bonds. The maximum atomic E-state index is 11.4. The van der Waals surface area contributed by atoms with E-state index in [4.69, 9.17) is 4.74 Å². The van der Waals surface area contributed by atoms with E-state index in [2.05, 4.69) is 10.6 Å². The molecule has 2 atom stereocenters. The predicted octanol–water partition coefficient (Wildman–Crippen LogP) is -1.61. The highest BCUT2D eigenvalue weighted by Crippen LogP contribution is 2.05. The largest absolute Gasteiger partial charge is 0.389 e. The van der Waals surface area contributed by atoms with Gasteiger partial charge in [0.05, 0.1) is 12.7 Å². The van der Waals surface area contributed by atoms with Gasteiger partial charge in [0.15, 0.2) is 0 Å². The Kier molecular flexibility index (Phi) is 4.51. The molecule has 0 bridgehead atoms. The summed E-state index contributed by atoms with van der Waals surface area (Å²) in [5.74, 6) is -0.358. The molecule has 0 aromatic heterocycles. The predicted molar refractivity (Wildman–Crippen MR) is 52.1 cm³/mol. The fraction of sp³-hybridized carbons (Fsp3) is 0.778. The standard InChI is InChI=1S/C9H16N2O4/c1-15-5-6(12)4-10-9(14)7-2-3-8(13)11-7/h6-7,12H,2-5H2,1H3,(H,10,14)(H,11,13)/t6?,7-/m1/s1. The van der Waals surface area contributed by atoms with E-state index in [1.165, 1.54) is 7.11 Å². The molecule has 0 aliphatic carbocycles. The van der Waals surface area contributed by atoms with Gasteiger partial charge >= 0.3 is 0 Å². The van der Waals surface area contributed by atoms with Gasteiger partial charge in [-0.2, -0.15) is 0 Å². The Morgan fingerprint density at radius 1 is 1.80 bits per heavy atom. The summed E-state index contributed by atoms with van der Waals surface area (Å²) in [6.45, 7) is 0.316. The van der Waals surface area contributed by atoms with Crippen LogP contribution in [0.2, 0.25) is 0 Å². The van der Waals surface area contributed by atoms with E-state index in [1.54, 1.807) is 0 Å². The van der Waals surface area contributed by atoms with Crippen molar-refractivity contribution >= 4 is 11.8 Å². The first-order chi connectivity index (χ1) is 7.13. The molecule has 3 N–H and O–H groups in total. The van der Waals surface area contributed by atoms with Crippen LogP contribution in [-0.2, 0) is 14.3 Å². The second-order valence-electron chi connectivity index (χ2n) is 3.51. The molecule has 1 rings (SSSR count). The summed E-state index contributed by atoms with van der Waals surface area (Å²) in [5, 5.41) is 14.4. The highest BCUT2D eigenvalue weighted by atomic mass is 16.5. The van der Waals surface area contributed by atoms with E-state index in [-0.39, 0.29) is 25.0 Å². The molecule has 1 aliphatic rings. The molecule has 1 unspecified atom stereocenters. The van der Waals surface area contributed by atoms with Crippen LogP contribution in [0.15, 0.2) is 0 Å². The Bertz CT molecular complexity index is 244. The average molecular weight is 216 g/mol. The fourth-order valence-electron chi connectivity index (χ4n) is 1.40. The van der Waals surface area contributed by atoms with Crippen LogP contribution in [0.5, 0.6) is 0 Å². The van der Waals surface area contributed by atoms with Crippen LogP contribution in [0, 0.1) is 0 Å². The number of carbonyl (C=O) groups excluding carboxylic acids is 2. The number of hydrogen-bond donors (Lipinski definition) is 3. The lowest BCUT2D eigenvalue weighted by Crippen LogP contribution is -2.44. The normalized spacial score (nSPS) is 22.3. The smallest absolute Gasteiger partial charge is 0.242 e. The minimum Gasteiger partial charge on any atom is -0.389 e. The van der Waals surface area contributed by atoms with E-state index >= 15 is 0 Å². The van der Waals surface area contributed by atoms with E-state index < -0.39 is 12.1 Å². The number of hydrogen-bond acceptors (Lipinski definition) is 4. The number of rotatable bonds is 5. The van der Waals surface area contributed by atoms with Crippen molar-refractivity contribution in [2.24, 2.45) is 0 Å². The molecule has 15 heavy (non-hydrogen) atoms. The quantitative estimate of drug-likeness (QED) is 0.516. The van der Waals surface area contributed by atoms with Crippen molar-refractivity contribution in [1.82, 2.24) is 10.6 Å². The molecule has 1 heterocycles. The molecule has 0 aromatic rings. The summed E-state index contributed by atoms with van der Waals surface area (Å²) >= 11 is 0. The van der Waals surface area contributed by atoms with Gasteiger partial charge in [-0.3, -0.25) is 9.59 Å². The maximum Gasteiger partial charge on any atom is 0.242 e. The highest BCUT2D eigenvalue weighted by molar-refractivity contribution is 5.90. The number of amides is 2. The first kappa shape index (κ1) is 11.9. The molecule has 0 aromatic carbocycles. The first-order valence-electron chi connectivity index (χ1n) is 4.87. The van der Waals surface area contributed by atoms with Crippen molar-refractivity contribution in [2.75, 3.05) is 20.3 Å². The minimum atomic E-state index is -0.712. The summed E-state index contributed by atoms with van der Waals surface area (Å²) in [5.41, 5.74) is 0. The van der Waals surface area contributed by atoms with Gasteiger partial charge in [-0.05, 0) is 6.42 Å². The average Bonchev–Trinajstić information content (AvgIpc) is 2.62. The molecular weight excluding hydrogens is 200 g/mol. The Hall–Kier alpha value is -1.14. The molecule has 1 saturated heterocycles. The van der Waals surface area contributed by atoms with E-state index in [0.717, 1.165) is 0 Å². The maximum absolute atomic E-state index is 11.4. The zero-order chi connectivity index (χ0) is 11.3. The van der Waals surface area contributed by atoms with E-state index in [9.17, 15) is 14.7 Å². The molecule has 0 spiro atoms. The number of methoxy groups -OCH3 is 1. The van der Waals surface area contributed by atoms with Gasteiger partial charge in [0.1, 0.15) is 6.04 Å². The van der Waals surface area contributed by atoms with Gasteiger partial charge in [-0.25, -0.2) is 0 Å². The van der Waals surface area contributed by atoms with Crippen LogP contribution >= 0.6 is 0 Å². The van der Waals surface area contributed by atoms with Crippen molar-refractivity contribution < 1.29 is 19.4 Å². The first-order valence-corrected chi connectivity index (χ1v) is 4.87. The van der Waals surface area contributed by atoms with E-state index in [0.29, 0.717) is 12.8 Å². The molecule has 1 aliphatic heterocycles. The number of aliphatic hydroxyl groups excluding tert-OH is 1. The molecule has 86 valence electrons. The summed E-state index contributed by atoms with van der Waals surface area (Å²) in [4.78, 5) is 22.3. The lowest BCUT2D eigenvalue weighted by Gasteiger charge is -2.13. The molecule has 1 fully saturated rings. The van der Waals surface area contributed by atoms with Crippen molar-refractivity contribution in [3.63, 3.8) is 0 Å². The molecule has 0 saturated carbocycles. The lowest BCUT2D eigenvalue weighted by molar-refractivity contribution is -0.126. The summed E-state index contributed by atoms with van der Waals surface area (Å²) in [6.07, 6.45) is 0.195. The SMILES string of the molecule is COCC(O)CNC(=O)[C@H]1CCC(=O)N1. The zero-order valence-electron chi connectivity index (χ0n) is 8.66. The second kappa shape index (κ2) is 5.67. The molecular formula is C9H16N2O4. The zero-order valence-corrected chi connectivity index (χ0v) is 8.66. The van der Waals surface area contributed by atoms with Gasteiger partial charge in [-0.15, -0.1) is 0 Å². The van der Waals surface area contributed by atoms with Crippen LogP contribution in [0.25, 0.3) is 0 Å². The van der Waals surface area contributed by atoms with Crippen molar-refractivity contribution in [3.8, 4) is 0 Å². The van der Waals surface area contributed by atoms with Crippen LogP contribution in [0.3, 0.4) is 0 Å². The number of ether oxygens (including phenoxy) is 1. The van der Waals surface area contributed by atoms with Gasteiger partial charge in [-0.1, -0.05) is 0 Å². The summed E-state index contributed by atoms with van der Waals surface area (Å²) in [6, 6.07) is -0.452. The van der Waals surface area contributed by atoms with Crippen molar-refractivity contribution in [2.45, 2.75) is 25.0 Å². The Labute approximate surface area is 88.0 Å². The Morgan fingerprint density at radius 2 is 2.53 bits per heavy atom. The minimum absolute atomic E-state index is 0.104. The van der Waals surface area contributed by atoms with Gasteiger partial charge in [0.25, 0.3) is 0 Å². The fourth-order valence-corrected chi connectivity index (χ4v) is 1.40. The molecule has 6 heteroatoms. The summed E-state index contributed by atoms with van der Waals surface area (Å²) in [7, 11) is 1.47. The highest BCUT2D eigenvalue weighted by Gasteiger charge is 2.27. The van der Waals surface area contributed by atoms with Crippen LogP contribution in [0.4, 0.5) is 0 Å². The Balaban J connectivity index is 2.21. The van der Waals surface area contributed by atoms with Crippen LogP contribution in [0.1, 0.15) is 12.8 Å². The monoisotopic (exact) mass is 216 g/mol. The van der Waals surface area contributed by atoms with E-state index in [1.807, 2.05) is 0 Å².